The van der Waals surface area contributed by atoms with Crippen molar-refractivity contribution in [2.45, 2.75) is 25.2 Å². The Balaban J connectivity index is 1.04. The van der Waals surface area contributed by atoms with Crippen LogP contribution in [0, 0.1) is 5.92 Å². The first kappa shape index (κ1) is 21.9. The Morgan fingerprint density at radius 2 is 2.00 bits per heavy atom. The first-order valence-corrected chi connectivity index (χ1v) is 12.5. The maximum Gasteiger partial charge on any atom is 0.227 e. The van der Waals surface area contributed by atoms with Crippen molar-refractivity contribution in [3.63, 3.8) is 0 Å². The van der Waals surface area contributed by atoms with Gasteiger partial charge in [-0.25, -0.2) is 0 Å². The molecule has 0 radical (unpaired) electrons. The number of piperazine rings is 1. The number of hydrogen-bond donors (Lipinski definition) is 0. The molecule has 2 aliphatic rings. The third-order valence-corrected chi connectivity index (χ3v) is 7.84. The van der Waals surface area contributed by atoms with Crippen molar-refractivity contribution in [2.24, 2.45) is 5.92 Å². The summed E-state index contributed by atoms with van der Waals surface area (Å²) in [5.41, 5.74) is 1.11. The molecule has 3 aromatic rings. The minimum Gasteiger partial charge on any atom is -0.340 e. The third kappa shape index (κ3) is 4.86. The minimum absolute atomic E-state index is 0.0776. The lowest BCUT2D eigenvalue weighted by Gasteiger charge is -2.35. The zero-order valence-corrected chi connectivity index (χ0v) is 19.9. The van der Waals surface area contributed by atoms with Gasteiger partial charge in [0.1, 0.15) is 0 Å². The molecule has 2 fully saturated rings. The summed E-state index contributed by atoms with van der Waals surface area (Å²) in [6.07, 6.45) is 2.63. The van der Waals surface area contributed by atoms with E-state index in [4.69, 9.17) is 27.7 Å². The maximum atomic E-state index is 12.9. The highest BCUT2D eigenvalue weighted by molar-refractivity contribution is 7.13. The second-order valence-corrected chi connectivity index (χ2v) is 10.1. The van der Waals surface area contributed by atoms with Gasteiger partial charge >= 0.3 is 0 Å². The highest BCUT2D eigenvalue weighted by atomic mass is 35.5. The van der Waals surface area contributed by atoms with Gasteiger partial charge in [-0.1, -0.05) is 40.5 Å². The van der Waals surface area contributed by atoms with Crippen molar-refractivity contribution in [3.05, 3.63) is 57.2 Å². The Morgan fingerprint density at radius 3 is 2.75 bits per heavy atom. The second-order valence-electron chi connectivity index (χ2n) is 8.38. The lowest BCUT2D eigenvalue weighted by molar-refractivity contribution is -0.134. The average Bonchev–Trinajstić information content (AvgIpc) is 3.18. The fourth-order valence-corrected chi connectivity index (χ4v) is 5.28. The number of aromatic nitrogens is 2. The summed E-state index contributed by atoms with van der Waals surface area (Å²) in [5.74, 6) is 1.97. The van der Waals surface area contributed by atoms with Crippen LogP contribution in [-0.4, -0.2) is 58.6 Å². The normalized spacial score (nSPS) is 21.1. The van der Waals surface area contributed by atoms with Crippen LogP contribution in [0.5, 0.6) is 0 Å². The summed E-state index contributed by atoms with van der Waals surface area (Å²) in [4.78, 5) is 22.9. The van der Waals surface area contributed by atoms with Gasteiger partial charge in [-0.2, -0.15) is 4.98 Å². The number of aryl methyl sites for hydroxylation is 1. The van der Waals surface area contributed by atoms with Crippen LogP contribution in [0.25, 0.3) is 10.7 Å². The molecular weight excluding hydrogens is 467 g/mol. The van der Waals surface area contributed by atoms with E-state index in [0.29, 0.717) is 21.8 Å². The van der Waals surface area contributed by atoms with Gasteiger partial charge in [0.15, 0.2) is 0 Å². The lowest BCUT2D eigenvalue weighted by Crippen LogP contribution is -2.49. The molecule has 0 bridgehead atoms. The SMILES string of the molecule is O=C([C@@H]1C[C@@H]1c1ccc(Cl)c(Cl)c1)N1CCN(CCCc2nc(-c3cccs3)no2)CC1. The molecule has 0 unspecified atom stereocenters. The molecule has 0 spiro atoms. The van der Waals surface area contributed by atoms with E-state index in [9.17, 15) is 4.79 Å². The molecule has 1 aliphatic carbocycles. The molecule has 3 heterocycles. The van der Waals surface area contributed by atoms with Crippen LogP contribution in [0.4, 0.5) is 0 Å². The predicted octanol–water partition coefficient (Wildman–Crippen LogP) is 4.99. The quantitative estimate of drug-likeness (QED) is 0.466. The van der Waals surface area contributed by atoms with Crippen molar-refractivity contribution >= 4 is 40.4 Å². The number of halogens is 2. The molecule has 32 heavy (non-hydrogen) atoms. The molecule has 6 nitrogen and oxygen atoms in total. The van der Waals surface area contributed by atoms with Gasteiger partial charge in [0.2, 0.25) is 17.6 Å². The summed E-state index contributed by atoms with van der Waals surface area (Å²) in [6, 6.07) is 9.67. The Hall–Kier alpha value is -1.93. The van der Waals surface area contributed by atoms with Crippen molar-refractivity contribution < 1.29 is 9.32 Å². The van der Waals surface area contributed by atoms with Crippen LogP contribution < -0.4 is 0 Å². The van der Waals surface area contributed by atoms with Gasteiger partial charge in [0.05, 0.1) is 14.9 Å². The summed E-state index contributed by atoms with van der Waals surface area (Å²) in [7, 11) is 0. The Bertz CT molecular complexity index is 1080. The number of carbonyl (C=O) groups excluding carboxylic acids is 1. The van der Waals surface area contributed by atoms with Crippen molar-refractivity contribution in [1.29, 1.82) is 0 Å². The number of hydrogen-bond acceptors (Lipinski definition) is 6. The number of amides is 1. The van der Waals surface area contributed by atoms with Gasteiger partial charge in [-0.3, -0.25) is 9.69 Å². The molecule has 168 valence electrons. The topological polar surface area (TPSA) is 62.5 Å². The predicted molar refractivity (Wildman–Crippen MR) is 126 cm³/mol. The van der Waals surface area contributed by atoms with E-state index in [1.54, 1.807) is 11.3 Å². The molecule has 1 amide bonds. The van der Waals surface area contributed by atoms with E-state index in [-0.39, 0.29) is 17.7 Å². The van der Waals surface area contributed by atoms with Gasteiger partial charge in [-0.15, -0.1) is 11.3 Å². The van der Waals surface area contributed by atoms with E-state index in [1.807, 2.05) is 40.6 Å². The fraction of sp³-hybridized carbons (Fsp3) is 0.435. The van der Waals surface area contributed by atoms with Crippen molar-refractivity contribution in [3.8, 4) is 10.7 Å². The highest BCUT2D eigenvalue weighted by Gasteiger charge is 2.46. The van der Waals surface area contributed by atoms with Crippen LogP contribution in [0.15, 0.2) is 40.2 Å². The average molecular weight is 491 g/mol. The molecule has 2 aromatic heterocycles. The largest absolute Gasteiger partial charge is 0.340 e. The van der Waals surface area contributed by atoms with Gasteiger partial charge < -0.3 is 9.42 Å². The Kier molecular flexibility index (Phi) is 6.51. The van der Waals surface area contributed by atoms with Crippen molar-refractivity contribution in [1.82, 2.24) is 19.9 Å². The maximum absolute atomic E-state index is 12.9. The fourth-order valence-electron chi connectivity index (χ4n) is 4.32. The molecule has 9 heteroatoms. The van der Waals surface area contributed by atoms with Crippen molar-refractivity contribution in [2.75, 3.05) is 32.7 Å². The zero-order valence-electron chi connectivity index (χ0n) is 17.5. The molecular formula is C23H24Cl2N4O2S. The molecule has 5 rings (SSSR count). The van der Waals surface area contributed by atoms with E-state index in [0.717, 1.165) is 62.4 Å². The highest BCUT2D eigenvalue weighted by Crippen LogP contribution is 2.49. The number of thiophene rings is 1. The molecule has 1 aliphatic heterocycles. The molecule has 2 atom stereocenters. The van der Waals surface area contributed by atoms with E-state index < -0.39 is 0 Å². The first-order chi connectivity index (χ1) is 15.6. The van der Waals surface area contributed by atoms with E-state index in [1.165, 1.54) is 0 Å². The van der Waals surface area contributed by atoms with Gasteiger partial charge in [0.25, 0.3) is 0 Å². The Labute approximate surface area is 201 Å². The lowest BCUT2D eigenvalue weighted by atomic mass is 10.1. The second kappa shape index (κ2) is 9.51. The number of benzene rings is 1. The standard InChI is InChI=1S/C23H24Cl2N4O2S/c24-18-6-5-15(13-19(18)25)16-14-17(16)23(30)29-10-8-28(9-11-29)7-1-4-21-26-22(27-31-21)20-3-2-12-32-20/h2-3,5-6,12-13,16-17H,1,4,7-11,14H2/t16-,17-/m1/s1. The minimum atomic E-state index is 0.0776. The first-order valence-electron chi connectivity index (χ1n) is 10.9. The van der Waals surface area contributed by atoms with Gasteiger partial charge in [-0.05, 0) is 54.4 Å². The van der Waals surface area contributed by atoms with Crippen LogP contribution in [0.1, 0.15) is 30.2 Å². The molecule has 1 aromatic carbocycles. The van der Waals surface area contributed by atoms with Crippen LogP contribution in [0.2, 0.25) is 10.0 Å². The smallest absolute Gasteiger partial charge is 0.227 e. The number of rotatable bonds is 7. The molecule has 0 N–H and O–H groups in total. The van der Waals surface area contributed by atoms with Gasteiger partial charge in [0, 0.05) is 38.5 Å². The van der Waals surface area contributed by atoms with E-state index >= 15 is 0 Å². The van der Waals surface area contributed by atoms with Crippen LogP contribution >= 0.6 is 34.5 Å². The summed E-state index contributed by atoms with van der Waals surface area (Å²) in [6.45, 7) is 4.34. The van der Waals surface area contributed by atoms with Crippen LogP contribution in [-0.2, 0) is 11.2 Å². The molecule has 1 saturated carbocycles. The monoisotopic (exact) mass is 490 g/mol. The van der Waals surface area contributed by atoms with E-state index in [2.05, 4.69) is 15.0 Å². The third-order valence-electron chi connectivity index (χ3n) is 6.24. The summed E-state index contributed by atoms with van der Waals surface area (Å²) >= 11 is 13.8. The Morgan fingerprint density at radius 1 is 1.16 bits per heavy atom. The number of carbonyl (C=O) groups is 1. The molecule has 1 saturated heterocycles. The summed E-state index contributed by atoms with van der Waals surface area (Å²) in [5, 5.41) is 7.18. The number of nitrogens with zero attached hydrogens (tertiary/aromatic N) is 4. The zero-order chi connectivity index (χ0) is 22.1. The summed E-state index contributed by atoms with van der Waals surface area (Å²) < 4.78 is 5.38. The van der Waals surface area contributed by atoms with Crippen LogP contribution in [0.3, 0.4) is 0 Å².